The molecule has 7 nitrogen and oxygen atoms in total. The predicted octanol–water partition coefficient (Wildman–Crippen LogP) is 5.07. The minimum atomic E-state index is -2.72. The van der Waals surface area contributed by atoms with Gasteiger partial charge in [0.05, 0.1) is 31.7 Å². The molecule has 220 valence electrons. The number of amides is 1. The zero-order valence-corrected chi connectivity index (χ0v) is 26.0. The number of carbonyl (C=O) groups is 2. The Kier molecular flexibility index (Phi) is 8.94. The molecule has 1 aliphatic rings. The van der Waals surface area contributed by atoms with Crippen molar-refractivity contribution in [2.75, 3.05) is 13.7 Å². The minimum Gasteiger partial charge on any atom is -0.469 e. The molecule has 1 fully saturated rings. The van der Waals surface area contributed by atoms with Crippen LogP contribution < -0.4 is 15.7 Å². The molecule has 0 spiro atoms. The van der Waals surface area contributed by atoms with Crippen LogP contribution in [0.2, 0.25) is 5.04 Å². The lowest BCUT2D eigenvalue weighted by Gasteiger charge is -2.43. The Balaban J connectivity index is 1.40. The number of hydrogen-bond donors (Lipinski definition) is 1. The van der Waals surface area contributed by atoms with Crippen LogP contribution in [0.15, 0.2) is 84.9 Å². The van der Waals surface area contributed by atoms with E-state index in [9.17, 15) is 9.59 Å². The molecule has 1 saturated carbocycles. The monoisotopic (exact) mass is 583 g/mol. The number of benzene rings is 3. The maximum Gasteiger partial charge on any atom is 0.308 e. The van der Waals surface area contributed by atoms with Crippen LogP contribution in [0.5, 0.6) is 0 Å². The Hall–Kier alpha value is -3.75. The van der Waals surface area contributed by atoms with Crippen LogP contribution in [-0.2, 0) is 20.5 Å². The second-order valence-electron chi connectivity index (χ2n) is 12.1. The highest BCUT2D eigenvalue weighted by Gasteiger charge is 2.50. The predicted molar refractivity (Wildman–Crippen MR) is 169 cm³/mol. The van der Waals surface area contributed by atoms with Crippen molar-refractivity contribution in [2.24, 2.45) is 5.92 Å². The molecule has 1 aliphatic carbocycles. The summed E-state index contributed by atoms with van der Waals surface area (Å²) in [4.78, 5) is 25.7. The summed E-state index contributed by atoms with van der Waals surface area (Å²) in [6, 6.07) is 28.9. The highest BCUT2D eigenvalue weighted by atomic mass is 28.4. The Bertz CT molecular complexity index is 1470. The molecule has 0 atom stereocenters. The Labute approximate surface area is 249 Å². The van der Waals surface area contributed by atoms with Crippen molar-refractivity contribution in [2.45, 2.75) is 64.1 Å². The third-order valence-corrected chi connectivity index (χ3v) is 13.5. The van der Waals surface area contributed by atoms with Crippen LogP contribution in [0.25, 0.3) is 10.9 Å². The number of methoxy groups -OCH3 is 1. The summed E-state index contributed by atoms with van der Waals surface area (Å²) in [6.07, 6.45) is 2.91. The largest absolute Gasteiger partial charge is 0.469 e. The normalized spacial score (nSPS) is 17.6. The zero-order chi connectivity index (χ0) is 29.7. The molecular formula is C34H41N3O4Si. The van der Waals surface area contributed by atoms with Crippen LogP contribution in [0.3, 0.4) is 0 Å². The van der Waals surface area contributed by atoms with Gasteiger partial charge in [-0.1, -0.05) is 99.6 Å². The zero-order valence-electron chi connectivity index (χ0n) is 25.0. The number of nitrogens with one attached hydrogen (secondary N) is 1. The standard InChI is InChI=1S/C34H41N3O4Si/c1-34(2,3)42(27-13-7-5-8-14-27,28-15-9-6-10-16-28)41-24-23-37-31(29-17-11-12-18-30(29)36-37)32(38)35-26-21-19-25(20-22-26)33(39)40-4/h5-18,25-26H,19-24H2,1-4H3,(H,35,38). The van der Waals surface area contributed by atoms with Crippen molar-refractivity contribution in [3.63, 3.8) is 0 Å². The number of esters is 1. The maximum absolute atomic E-state index is 13.7. The van der Waals surface area contributed by atoms with E-state index in [1.54, 1.807) is 4.68 Å². The lowest BCUT2D eigenvalue weighted by molar-refractivity contribution is -0.146. The number of rotatable bonds is 9. The molecular weight excluding hydrogens is 542 g/mol. The molecule has 0 saturated heterocycles. The molecule has 0 unspecified atom stereocenters. The topological polar surface area (TPSA) is 82.5 Å². The van der Waals surface area contributed by atoms with Gasteiger partial charge in [0.25, 0.3) is 14.2 Å². The fourth-order valence-corrected chi connectivity index (χ4v) is 11.0. The first-order chi connectivity index (χ1) is 20.2. The average Bonchev–Trinajstić information content (AvgIpc) is 3.38. The van der Waals surface area contributed by atoms with E-state index < -0.39 is 8.32 Å². The van der Waals surface area contributed by atoms with E-state index in [1.165, 1.54) is 17.5 Å². The number of ether oxygens (including phenoxy) is 1. The average molecular weight is 584 g/mol. The SMILES string of the molecule is COC(=O)C1CCC(NC(=O)c2c3ccccc3nn2CCO[Si](c2ccccc2)(c2ccccc2)C(C)(C)C)CC1. The first-order valence-electron chi connectivity index (χ1n) is 14.8. The lowest BCUT2D eigenvalue weighted by Crippen LogP contribution is -2.66. The molecule has 0 radical (unpaired) electrons. The fourth-order valence-electron chi connectivity index (χ4n) is 6.42. The third-order valence-electron chi connectivity index (χ3n) is 8.50. The van der Waals surface area contributed by atoms with Gasteiger partial charge in [0.15, 0.2) is 0 Å². The van der Waals surface area contributed by atoms with Crippen molar-refractivity contribution in [3.8, 4) is 0 Å². The van der Waals surface area contributed by atoms with Crippen LogP contribution >= 0.6 is 0 Å². The number of hydrogen-bond acceptors (Lipinski definition) is 5. The van der Waals surface area contributed by atoms with Gasteiger partial charge in [-0.2, -0.15) is 5.10 Å². The number of aromatic nitrogens is 2. The van der Waals surface area contributed by atoms with Gasteiger partial charge in [-0.05, 0) is 47.2 Å². The molecule has 1 heterocycles. The van der Waals surface area contributed by atoms with Gasteiger partial charge >= 0.3 is 5.97 Å². The second kappa shape index (κ2) is 12.6. The van der Waals surface area contributed by atoms with E-state index >= 15 is 0 Å². The van der Waals surface area contributed by atoms with Crippen molar-refractivity contribution in [3.05, 3.63) is 90.6 Å². The molecule has 1 N–H and O–H groups in total. The van der Waals surface area contributed by atoms with Gasteiger partial charge in [-0.15, -0.1) is 0 Å². The fraction of sp³-hybridized carbons (Fsp3) is 0.382. The molecule has 3 aromatic carbocycles. The van der Waals surface area contributed by atoms with Crippen molar-refractivity contribution >= 4 is 41.5 Å². The van der Waals surface area contributed by atoms with Gasteiger partial charge in [-0.25, -0.2) is 0 Å². The molecule has 0 aliphatic heterocycles. The highest BCUT2D eigenvalue weighted by molar-refractivity contribution is 6.99. The van der Waals surface area contributed by atoms with Crippen molar-refractivity contribution in [1.29, 1.82) is 0 Å². The molecule has 4 aromatic rings. The second-order valence-corrected chi connectivity index (χ2v) is 16.5. The highest BCUT2D eigenvalue weighted by Crippen LogP contribution is 2.37. The number of carbonyl (C=O) groups excluding carboxylic acids is 2. The van der Waals surface area contributed by atoms with Crippen molar-refractivity contribution < 1.29 is 18.8 Å². The van der Waals surface area contributed by atoms with Crippen LogP contribution in [0.1, 0.15) is 56.9 Å². The van der Waals surface area contributed by atoms with Gasteiger partial charge in [0, 0.05) is 11.4 Å². The van der Waals surface area contributed by atoms with E-state index in [2.05, 4.69) is 74.6 Å². The summed E-state index contributed by atoms with van der Waals surface area (Å²) >= 11 is 0. The van der Waals surface area contributed by atoms with E-state index in [0.717, 1.165) is 23.7 Å². The smallest absolute Gasteiger partial charge is 0.308 e. The summed E-state index contributed by atoms with van der Waals surface area (Å²) in [5.74, 6) is -0.395. The summed E-state index contributed by atoms with van der Waals surface area (Å²) < 4.78 is 13.8. The molecule has 0 bridgehead atoms. The van der Waals surface area contributed by atoms with E-state index in [-0.39, 0.29) is 28.9 Å². The molecule has 42 heavy (non-hydrogen) atoms. The first-order valence-corrected chi connectivity index (χ1v) is 16.7. The number of fused-ring (bicyclic) bond motifs is 1. The first kappa shape index (κ1) is 29.7. The van der Waals surface area contributed by atoms with Gasteiger partial charge < -0.3 is 14.5 Å². The van der Waals surface area contributed by atoms with Crippen molar-refractivity contribution in [1.82, 2.24) is 15.1 Å². The minimum absolute atomic E-state index is 0.00822. The van der Waals surface area contributed by atoms with Crippen LogP contribution in [-0.4, -0.2) is 49.7 Å². The summed E-state index contributed by atoms with van der Waals surface area (Å²) in [5.41, 5.74) is 1.33. The van der Waals surface area contributed by atoms with Crippen LogP contribution in [0.4, 0.5) is 0 Å². The maximum atomic E-state index is 13.7. The quantitative estimate of drug-likeness (QED) is 0.220. The van der Waals surface area contributed by atoms with Gasteiger partial charge in [0.1, 0.15) is 5.69 Å². The molecule has 1 amide bonds. The molecule has 5 rings (SSSR count). The molecule has 1 aromatic heterocycles. The van der Waals surface area contributed by atoms with Gasteiger partial charge in [-0.3, -0.25) is 14.3 Å². The van der Waals surface area contributed by atoms with E-state index in [1.807, 2.05) is 36.4 Å². The Morgan fingerprint density at radius 2 is 1.45 bits per heavy atom. The lowest BCUT2D eigenvalue weighted by atomic mass is 9.86. The van der Waals surface area contributed by atoms with E-state index in [4.69, 9.17) is 14.3 Å². The molecule has 8 heteroatoms. The summed E-state index contributed by atoms with van der Waals surface area (Å²) in [5, 5.41) is 11.2. The Morgan fingerprint density at radius 1 is 0.881 bits per heavy atom. The summed E-state index contributed by atoms with van der Waals surface area (Å²) in [7, 11) is -1.29. The van der Waals surface area contributed by atoms with E-state index in [0.29, 0.717) is 31.7 Å². The summed E-state index contributed by atoms with van der Waals surface area (Å²) in [6.45, 7) is 7.63. The van der Waals surface area contributed by atoms with Crippen LogP contribution in [0, 0.1) is 5.92 Å². The third kappa shape index (κ3) is 5.92. The number of nitrogens with zero attached hydrogens (tertiary/aromatic N) is 2. The van der Waals surface area contributed by atoms with Gasteiger partial charge in [0.2, 0.25) is 0 Å². The Morgan fingerprint density at radius 3 is 2.02 bits per heavy atom.